The minimum absolute atomic E-state index is 0.361. The summed E-state index contributed by atoms with van der Waals surface area (Å²) in [5.74, 6) is -0.691. The first-order valence-electron chi connectivity index (χ1n) is 5.94. The van der Waals surface area contributed by atoms with Crippen LogP contribution < -0.4 is 0 Å². The number of aliphatic hydroxyl groups excluding tert-OH is 1. The van der Waals surface area contributed by atoms with Crippen LogP contribution in [0.15, 0.2) is 47.7 Å². The number of carbonyl (C=O) groups is 1. The molecule has 4 nitrogen and oxygen atoms in total. The van der Waals surface area contributed by atoms with E-state index in [9.17, 15) is 9.90 Å². The van der Waals surface area contributed by atoms with Gasteiger partial charge in [0.25, 0.3) is 0 Å². The lowest BCUT2D eigenvalue weighted by atomic mass is 10.2. The molecule has 1 N–H and O–H groups in total. The molecule has 19 heavy (non-hydrogen) atoms. The van der Waals surface area contributed by atoms with Crippen LogP contribution in [-0.2, 0) is 20.9 Å². The van der Waals surface area contributed by atoms with Crippen LogP contribution in [0, 0.1) is 0 Å². The standard InChI is InChI=1S/C15H18O4/c1-12(14(16)15(17)18-2)7-6-10-19-11-13-8-4-3-5-9-13/h3-6,8-9,14,16H,10-11H2,1-2H3. The Bertz CT molecular complexity index is 458. The van der Waals surface area contributed by atoms with Crippen molar-refractivity contribution in [3.63, 3.8) is 0 Å². The average molecular weight is 262 g/mol. The molecule has 0 aliphatic carbocycles. The molecular weight excluding hydrogens is 244 g/mol. The predicted molar refractivity (Wildman–Crippen MR) is 71.4 cm³/mol. The molecule has 0 aliphatic rings. The Balaban J connectivity index is 2.39. The SMILES string of the molecule is COC(=O)C(O)C(C)=C=CCOCc1ccccc1. The number of hydrogen-bond acceptors (Lipinski definition) is 4. The first kappa shape index (κ1) is 15.2. The van der Waals surface area contributed by atoms with Crippen molar-refractivity contribution < 1.29 is 19.4 Å². The van der Waals surface area contributed by atoms with Crippen LogP contribution in [0.1, 0.15) is 12.5 Å². The van der Waals surface area contributed by atoms with E-state index in [0.717, 1.165) is 5.56 Å². The number of esters is 1. The summed E-state index contributed by atoms with van der Waals surface area (Å²) in [5, 5.41) is 9.49. The number of ether oxygens (including phenoxy) is 2. The molecule has 0 saturated heterocycles. The van der Waals surface area contributed by atoms with E-state index in [0.29, 0.717) is 18.8 Å². The molecule has 1 aromatic rings. The summed E-state index contributed by atoms with van der Waals surface area (Å²) >= 11 is 0. The molecule has 102 valence electrons. The van der Waals surface area contributed by atoms with Crippen molar-refractivity contribution in [1.29, 1.82) is 0 Å². The van der Waals surface area contributed by atoms with Crippen LogP contribution in [-0.4, -0.2) is 30.9 Å². The van der Waals surface area contributed by atoms with E-state index in [1.807, 2.05) is 30.3 Å². The van der Waals surface area contributed by atoms with Gasteiger partial charge in [0.1, 0.15) is 0 Å². The molecule has 0 bridgehead atoms. The minimum Gasteiger partial charge on any atom is -0.467 e. The van der Waals surface area contributed by atoms with Gasteiger partial charge in [0, 0.05) is 5.57 Å². The van der Waals surface area contributed by atoms with Crippen LogP contribution in [0.4, 0.5) is 0 Å². The van der Waals surface area contributed by atoms with Crippen molar-refractivity contribution in [3.8, 4) is 0 Å². The van der Waals surface area contributed by atoms with Crippen molar-refractivity contribution in [1.82, 2.24) is 0 Å². The third-order valence-corrected chi connectivity index (χ3v) is 2.48. The first-order valence-corrected chi connectivity index (χ1v) is 5.94. The number of aliphatic hydroxyl groups is 1. The second kappa shape index (κ2) is 8.27. The molecule has 1 aromatic carbocycles. The summed E-state index contributed by atoms with van der Waals surface area (Å²) in [7, 11) is 1.23. The van der Waals surface area contributed by atoms with Gasteiger partial charge in [-0.25, -0.2) is 4.79 Å². The molecule has 0 saturated carbocycles. The summed E-state index contributed by atoms with van der Waals surface area (Å²) in [6, 6.07) is 9.80. The van der Waals surface area contributed by atoms with Gasteiger partial charge in [-0.3, -0.25) is 0 Å². The molecule has 0 fully saturated rings. The zero-order chi connectivity index (χ0) is 14.1. The summed E-state index contributed by atoms with van der Waals surface area (Å²) in [4.78, 5) is 11.0. The Morgan fingerprint density at radius 2 is 2.11 bits per heavy atom. The normalized spacial score (nSPS) is 11.3. The Labute approximate surface area is 113 Å². The van der Waals surface area contributed by atoms with E-state index in [2.05, 4.69) is 10.5 Å². The second-order valence-corrected chi connectivity index (χ2v) is 3.96. The van der Waals surface area contributed by atoms with Crippen molar-refractivity contribution in [2.45, 2.75) is 19.6 Å². The minimum atomic E-state index is -1.27. The lowest BCUT2D eigenvalue weighted by Gasteiger charge is -2.05. The smallest absolute Gasteiger partial charge is 0.339 e. The summed E-state index contributed by atoms with van der Waals surface area (Å²) < 4.78 is 9.83. The first-order chi connectivity index (χ1) is 9.15. The van der Waals surface area contributed by atoms with Crippen molar-refractivity contribution >= 4 is 5.97 Å². The van der Waals surface area contributed by atoms with Crippen molar-refractivity contribution in [3.05, 3.63) is 53.3 Å². The summed E-state index contributed by atoms with van der Waals surface area (Å²) in [6.07, 6.45) is 0.361. The van der Waals surface area contributed by atoms with Crippen LogP contribution in [0.2, 0.25) is 0 Å². The molecule has 1 rings (SSSR count). The molecule has 0 amide bonds. The fourth-order valence-electron chi connectivity index (χ4n) is 1.38. The fourth-order valence-corrected chi connectivity index (χ4v) is 1.38. The van der Waals surface area contributed by atoms with Crippen molar-refractivity contribution in [2.75, 3.05) is 13.7 Å². The summed E-state index contributed by atoms with van der Waals surface area (Å²) in [5.41, 5.74) is 4.29. The molecule has 0 spiro atoms. The van der Waals surface area contributed by atoms with Gasteiger partial charge in [0.15, 0.2) is 6.10 Å². The Morgan fingerprint density at radius 3 is 2.74 bits per heavy atom. The van der Waals surface area contributed by atoms with Gasteiger partial charge in [-0.1, -0.05) is 30.3 Å². The largest absolute Gasteiger partial charge is 0.467 e. The average Bonchev–Trinajstić information content (AvgIpc) is 2.46. The molecular formula is C15H18O4. The molecule has 0 aromatic heterocycles. The van der Waals surface area contributed by atoms with Gasteiger partial charge in [-0.15, -0.1) is 5.73 Å². The van der Waals surface area contributed by atoms with E-state index < -0.39 is 12.1 Å². The molecule has 0 heterocycles. The van der Waals surface area contributed by atoms with Gasteiger partial charge >= 0.3 is 5.97 Å². The Hall–Kier alpha value is -1.87. The van der Waals surface area contributed by atoms with E-state index in [4.69, 9.17) is 4.74 Å². The number of carbonyl (C=O) groups excluding carboxylic acids is 1. The summed E-state index contributed by atoms with van der Waals surface area (Å²) in [6.45, 7) is 2.48. The topological polar surface area (TPSA) is 55.8 Å². The molecule has 1 atom stereocenters. The van der Waals surface area contributed by atoms with Crippen molar-refractivity contribution in [2.24, 2.45) is 0 Å². The van der Waals surface area contributed by atoms with Gasteiger partial charge in [-0.2, -0.15) is 0 Å². The van der Waals surface area contributed by atoms with Gasteiger partial charge < -0.3 is 14.6 Å². The maximum absolute atomic E-state index is 11.0. The van der Waals surface area contributed by atoms with E-state index in [1.165, 1.54) is 7.11 Å². The number of benzene rings is 1. The second-order valence-electron chi connectivity index (χ2n) is 3.96. The Morgan fingerprint density at radius 1 is 1.42 bits per heavy atom. The number of methoxy groups -OCH3 is 1. The van der Waals surface area contributed by atoms with E-state index in [1.54, 1.807) is 13.0 Å². The molecule has 0 aliphatic heterocycles. The predicted octanol–water partition coefficient (Wildman–Crippen LogP) is 1.84. The molecule has 4 heteroatoms. The highest BCUT2D eigenvalue weighted by molar-refractivity contribution is 5.77. The highest BCUT2D eigenvalue weighted by atomic mass is 16.5. The maximum Gasteiger partial charge on any atom is 0.339 e. The number of rotatable bonds is 6. The van der Waals surface area contributed by atoms with Crippen LogP contribution in [0.3, 0.4) is 0 Å². The molecule has 1 unspecified atom stereocenters. The van der Waals surface area contributed by atoms with E-state index in [-0.39, 0.29) is 0 Å². The fraction of sp³-hybridized carbons (Fsp3) is 0.333. The lowest BCUT2D eigenvalue weighted by molar-refractivity contribution is -0.148. The van der Waals surface area contributed by atoms with Crippen LogP contribution in [0.25, 0.3) is 0 Å². The third kappa shape index (κ3) is 5.53. The lowest BCUT2D eigenvalue weighted by Crippen LogP contribution is -2.22. The van der Waals surface area contributed by atoms with E-state index >= 15 is 0 Å². The Kier molecular flexibility index (Phi) is 6.61. The quantitative estimate of drug-likeness (QED) is 0.483. The highest BCUT2D eigenvalue weighted by Gasteiger charge is 2.16. The van der Waals surface area contributed by atoms with Gasteiger partial charge in [0.05, 0.1) is 20.3 Å². The van der Waals surface area contributed by atoms with Gasteiger partial charge in [0.2, 0.25) is 0 Å². The monoisotopic (exact) mass is 262 g/mol. The van der Waals surface area contributed by atoms with Crippen LogP contribution >= 0.6 is 0 Å². The third-order valence-electron chi connectivity index (χ3n) is 2.48. The van der Waals surface area contributed by atoms with Gasteiger partial charge in [-0.05, 0) is 18.6 Å². The number of hydrogen-bond donors (Lipinski definition) is 1. The highest BCUT2D eigenvalue weighted by Crippen LogP contribution is 2.02. The molecule has 0 radical (unpaired) electrons. The zero-order valence-electron chi connectivity index (χ0n) is 11.1. The zero-order valence-corrected chi connectivity index (χ0v) is 11.1. The maximum atomic E-state index is 11.0. The van der Waals surface area contributed by atoms with Crippen LogP contribution in [0.5, 0.6) is 0 Å².